The van der Waals surface area contributed by atoms with Crippen molar-refractivity contribution in [3.05, 3.63) is 24.3 Å². The Kier molecular flexibility index (Phi) is 7.89. The Morgan fingerprint density at radius 2 is 1.84 bits per heavy atom. The largest absolute Gasteiger partial charge is 0.492 e. The maximum atomic E-state index is 13.1. The summed E-state index contributed by atoms with van der Waals surface area (Å²) in [6.45, 7) is 2.00. The number of para-hydroxylation sites is 1. The lowest BCUT2D eigenvalue weighted by molar-refractivity contribution is -0.192. The van der Waals surface area contributed by atoms with Gasteiger partial charge in [-0.3, -0.25) is 4.79 Å². The number of aliphatic carboxylic acids is 1. The van der Waals surface area contributed by atoms with Gasteiger partial charge in [-0.1, -0.05) is 12.1 Å². The van der Waals surface area contributed by atoms with Gasteiger partial charge >= 0.3 is 18.1 Å². The fourth-order valence-electron chi connectivity index (χ4n) is 3.27. The van der Waals surface area contributed by atoms with Crippen molar-refractivity contribution in [1.29, 1.82) is 0 Å². The highest BCUT2D eigenvalue weighted by Gasteiger charge is 2.42. The summed E-state index contributed by atoms with van der Waals surface area (Å²) >= 11 is 0. The maximum absolute atomic E-state index is 13.1. The van der Waals surface area contributed by atoms with E-state index in [1.807, 2.05) is 0 Å². The number of nitrogens with one attached hydrogen (secondary N) is 1. The molecule has 3 rings (SSSR count). The minimum Gasteiger partial charge on any atom is -0.492 e. The third-order valence-corrected chi connectivity index (χ3v) is 6.78. The van der Waals surface area contributed by atoms with Crippen LogP contribution in [-0.4, -0.2) is 75.8 Å². The molecule has 174 valence electrons. The van der Waals surface area contributed by atoms with Gasteiger partial charge in [0.05, 0.1) is 13.7 Å². The van der Waals surface area contributed by atoms with Gasteiger partial charge < -0.3 is 19.9 Å². The number of alkyl halides is 3. The van der Waals surface area contributed by atoms with Crippen LogP contribution in [0.3, 0.4) is 0 Å². The van der Waals surface area contributed by atoms with Gasteiger partial charge in [-0.15, -0.1) is 0 Å². The molecule has 0 saturated carbocycles. The van der Waals surface area contributed by atoms with Crippen molar-refractivity contribution >= 4 is 22.0 Å². The molecule has 2 aliphatic rings. The lowest BCUT2D eigenvalue weighted by atomic mass is 9.79. The summed E-state index contributed by atoms with van der Waals surface area (Å²) < 4.78 is 69.7. The van der Waals surface area contributed by atoms with Gasteiger partial charge in [0.25, 0.3) is 0 Å². The van der Waals surface area contributed by atoms with E-state index in [-0.39, 0.29) is 23.4 Å². The van der Waals surface area contributed by atoms with E-state index in [1.54, 1.807) is 18.2 Å². The summed E-state index contributed by atoms with van der Waals surface area (Å²) in [4.78, 5) is 20.8. The number of ether oxygens (including phenoxy) is 2. The molecule has 0 aromatic heterocycles. The van der Waals surface area contributed by atoms with Gasteiger partial charge in [-0.2, -0.15) is 17.5 Å². The summed E-state index contributed by atoms with van der Waals surface area (Å²) in [6, 6.07) is 6.56. The van der Waals surface area contributed by atoms with Gasteiger partial charge in [0.15, 0.2) is 0 Å². The predicted octanol–water partition coefficient (Wildman–Crippen LogP) is 1.25. The Bertz CT molecular complexity index is 900. The van der Waals surface area contributed by atoms with Crippen LogP contribution in [0.15, 0.2) is 29.2 Å². The lowest BCUT2D eigenvalue weighted by Crippen LogP contribution is -2.51. The van der Waals surface area contributed by atoms with Gasteiger partial charge in [0, 0.05) is 12.0 Å². The SMILES string of the molecule is COC(=O)CN1CC2(CCNCC2)COc2ccccc2S1(=O)=O.O=C(O)C(F)(F)F. The number of carbonyl (C=O) groups excluding carboxylic acids is 1. The second kappa shape index (κ2) is 9.83. The number of carbonyl (C=O) groups is 2. The first kappa shape index (κ1) is 24.9. The molecule has 2 N–H and O–H groups in total. The number of sulfonamides is 1. The van der Waals surface area contributed by atoms with Gasteiger partial charge in [-0.05, 0) is 38.1 Å². The molecule has 1 aromatic rings. The molecule has 0 radical (unpaired) electrons. The van der Waals surface area contributed by atoms with E-state index < -0.39 is 28.1 Å². The second-order valence-corrected chi connectivity index (χ2v) is 9.04. The average molecular weight is 468 g/mol. The van der Waals surface area contributed by atoms with Crippen molar-refractivity contribution in [1.82, 2.24) is 9.62 Å². The molecule has 1 aromatic carbocycles. The molecule has 0 atom stereocenters. The van der Waals surface area contributed by atoms with Crippen LogP contribution < -0.4 is 10.1 Å². The number of benzene rings is 1. The molecule has 13 heteroatoms. The van der Waals surface area contributed by atoms with Crippen molar-refractivity contribution in [3.8, 4) is 5.75 Å². The predicted molar refractivity (Wildman–Crippen MR) is 101 cm³/mol. The summed E-state index contributed by atoms with van der Waals surface area (Å²) in [6.07, 6.45) is -3.50. The van der Waals surface area contributed by atoms with E-state index in [0.717, 1.165) is 25.9 Å². The first-order chi connectivity index (χ1) is 14.4. The quantitative estimate of drug-likeness (QED) is 0.622. The lowest BCUT2D eigenvalue weighted by Gasteiger charge is -2.42. The number of carboxylic acids is 1. The van der Waals surface area contributed by atoms with Gasteiger partial charge in [0.1, 0.15) is 17.2 Å². The standard InChI is InChI=1S/C16H22N2O5S.C2HF3O2/c1-22-15(19)10-18-11-16(6-8-17-9-7-16)12-23-13-4-2-3-5-14(13)24(18,20)21;3-2(4,5)1(6)7/h2-5,17H,6-12H2,1H3;(H,6,7). The Balaban J connectivity index is 0.000000423. The minimum atomic E-state index is -5.08. The topological polar surface area (TPSA) is 122 Å². The number of esters is 1. The normalized spacial score (nSPS) is 20.1. The molecule has 1 saturated heterocycles. The number of nitrogens with zero attached hydrogens (tertiary/aromatic N) is 1. The van der Waals surface area contributed by atoms with Gasteiger partial charge in [-0.25, -0.2) is 13.2 Å². The third kappa shape index (κ3) is 6.31. The van der Waals surface area contributed by atoms with Crippen molar-refractivity contribution in [3.63, 3.8) is 0 Å². The van der Waals surface area contributed by atoms with Crippen LogP contribution in [-0.2, 0) is 24.3 Å². The van der Waals surface area contributed by atoms with Crippen LogP contribution in [0.1, 0.15) is 12.8 Å². The number of methoxy groups -OCH3 is 1. The fourth-order valence-corrected chi connectivity index (χ4v) is 4.90. The van der Waals surface area contributed by atoms with E-state index in [0.29, 0.717) is 12.4 Å². The molecular weight excluding hydrogens is 445 g/mol. The van der Waals surface area contributed by atoms with Crippen LogP contribution in [0.25, 0.3) is 0 Å². The molecule has 0 amide bonds. The van der Waals surface area contributed by atoms with Crippen molar-refractivity contribution in [2.24, 2.45) is 5.41 Å². The summed E-state index contributed by atoms with van der Waals surface area (Å²) in [7, 11) is -2.58. The molecule has 0 bridgehead atoms. The molecule has 2 aliphatic heterocycles. The van der Waals surface area contributed by atoms with Crippen LogP contribution in [0.2, 0.25) is 0 Å². The van der Waals surface area contributed by atoms with Crippen LogP contribution >= 0.6 is 0 Å². The highest BCUT2D eigenvalue weighted by atomic mass is 32.2. The first-order valence-electron chi connectivity index (χ1n) is 9.21. The summed E-state index contributed by atoms with van der Waals surface area (Å²) in [5, 5.41) is 10.4. The second-order valence-electron chi connectivity index (χ2n) is 7.14. The van der Waals surface area contributed by atoms with Crippen molar-refractivity contribution in [2.75, 3.05) is 39.9 Å². The monoisotopic (exact) mass is 468 g/mol. The van der Waals surface area contributed by atoms with Crippen LogP contribution in [0, 0.1) is 5.41 Å². The molecule has 31 heavy (non-hydrogen) atoms. The van der Waals surface area contributed by atoms with E-state index >= 15 is 0 Å². The van der Waals surface area contributed by atoms with E-state index in [1.165, 1.54) is 17.5 Å². The first-order valence-corrected chi connectivity index (χ1v) is 10.6. The van der Waals surface area contributed by atoms with Gasteiger partial charge in [0.2, 0.25) is 10.0 Å². The zero-order valence-corrected chi connectivity index (χ0v) is 17.5. The molecule has 0 unspecified atom stereocenters. The number of rotatable bonds is 2. The Labute approximate surface area is 177 Å². The summed E-state index contributed by atoms with van der Waals surface area (Å²) in [5.74, 6) is -2.99. The molecular formula is C18H23F3N2O7S. The van der Waals surface area contributed by atoms with E-state index in [2.05, 4.69) is 5.32 Å². The third-order valence-electron chi connectivity index (χ3n) is 4.95. The molecule has 2 heterocycles. The highest BCUT2D eigenvalue weighted by Crippen LogP contribution is 2.37. The highest BCUT2D eigenvalue weighted by molar-refractivity contribution is 7.89. The van der Waals surface area contributed by atoms with Crippen molar-refractivity contribution in [2.45, 2.75) is 23.9 Å². The van der Waals surface area contributed by atoms with E-state index in [9.17, 15) is 26.4 Å². The molecule has 0 aliphatic carbocycles. The molecule has 1 spiro atoms. The maximum Gasteiger partial charge on any atom is 0.490 e. The smallest absolute Gasteiger partial charge is 0.490 e. The van der Waals surface area contributed by atoms with Crippen LogP contribution in [0.4, 0.5) is 13.2 Å². The zero-order chi connectivity index (χ0) is 23.3. The number of hydrogen-bond acceptors (Lipinski definition) is 7. The average Bonchev–Trinajstić information content (AvgIpc) is 2.72. The fraction of sp³-hybridized carbons (Fsp3) is 0.556. The number of carboxylic acid groups (broad SMARTS) is 1. The molecule has 9 nitrogen and oxygen atoms in total. The number of halogens is 3. The Morgan fingerprint density at radius 1 is 1.26 bits per heavy atom. The van der Waals surface area contributed by atoms with Crippen LogP contribution in [0.5, 0.6) is 5.75 Å². The number of piperidine rings is 1. The van der Waals surface area contributed by atoms with E-state index in [4.69, 9.17) is 19.4 Å². The minimum absolute atomic E-state index is 0.0951. The summed E-state index contributed by atoms with van der Waals surface area (Å²) in [5.41, 5.74) is -0.306. The Morgan fingerprint density at radius 3 is 2.39 bits per heavy atom. The number of fused-ring (bicyclic) bond motifs is 1. The zero-order valence-electron chi connectivity index (χ0n) is 16.6. The number of hydrogen-bond donors (Lipinski definition) is 2. The Hall–Kier alpha value is -2.38. The van der Waals surface area contributed by atoms with Crippen molar-refractivity contribution < 1.29 is 45.8 Å². The molecule has 1 fully saturated rings.